The van der Waals surface area contributed by atoms with Crippen LogP contribution in [0.4, 0.5) is 5.69 Å². The third kappa shape index (κ3) is 7.47. The van der Waals surface area contributed by atoms with E-state index in [0.717, 1.165) is 33.0 Å². The number of sulfonamides is 1. The summed E-state index contributed by atoms with van der Waals surface area (Å²) in [4.78, 5) is 28.6. The van der Waals surface area contributed by atoms with Crippen molar-refractivity contribution in [3.8, 4) is 0 Å². The highest BCUT2D eigenvalue weighted by molar-refractivity contribution is 7.92. The quantitative estimate of drug-likeness (QED) is 0.359. The van der Waals surface area contributed by atoms with Crippen LogP contribution in [-0.2, 0) is 26.2 Å². The van der Waals surface area contributed by atoms with E-state index in [2.05, 4.69) is 5.32 Å². The Morgan fingerprint density at radius 1 is 0.872 bits per heavy atom. The summed E-state index contributed by atoms with van der Waals surface area (Å²) < 4.78 is 29.0. The normalized spacial score (nSPS) is 12.9. The van der Waals surface area contributed by atoms with E-state index in [4.69, 9.17) is 0 Å². The van der Waals surface area contributed by atoms with Crippen molar-refractivity contribution in [3.05, 3.63) is 95.1 Å². The van der Waals surface area contributed by atoms with E-state index < -0.39 is 28.5 Å². The fourth-order valence-electron chi connectivity index (χ4n) is 4.08. The van der Waals surface area contributed by atoms with Crippen LogP contribution in [0.3, 0.4) is 0 Å². The van der Waals surface area contributed by atoms with E-state index in [9.17, 15) is 18.0 Å². The third-order valence-electron chi connectivity index (χ3n) is 7.03. The molecule has 2 atom stereocenters. The largest absolute Gasteiger partial charge is 0.352 e. The SMILES string of the molecule is CC[C@H](C)NC(=O)[C@H](C)N(Cc1ccccc1)C(=O)CN(c1ccc(C)c(C)c1)S(=O)(=O)c1ccc(C)cc1. The maximum atomic E-state index is 14.0. The van der Waals surface area contributed by atoms with Crippen molar-refractivity contribution < 1.29 is 18.0 Å². The molecule has 0 aromatic heterocycles. The minimum absolute atomic E-state index is 0.0532. The topological polar surface area (TPSA) is 86.8 Å². The molecule has 2 amide bonds. The zero-order chi connectivity index (χ0) is 28.7. The summed E-state index contributed by atoms with van der Waals surface area (Å²) in [7, 11) is -4.09. The predicted octanol–water partition coefficient (Wildman–Crippen LogP) is 5.14. The zero-order valence-corrected chi connectivity index (χ0v) is 24.5. The molecular weight excluding hydrogens is 510 g/mol. The number of rotatable bonds is 11. The summed E-state index contributed by atoms with van der Waals surface area (Å²) in [6.45, 7) is 11.0. The Hall–Kier alpha value is -3.65. The maximum absolute atomic E-state index is 14.0. The van der Waals surface area contributed by atoms with Gasteiger partial charge in [-0.2, -0.15) is 0 Å². The highest BCUT2D eigenvalue weighted by Crippen LogP contribution is 2.27. The highest BCUT2D eigenvalue weighted by atomic mass is 32.2. The van der Waals surface area contributed by atoms with Crippen LogP contribution in [0.25, 0.3) is 0 Å². The van der Waals surface area contributed by atoms with E-state index >= 15 is 0 Å². The van der Waals surface area contributed by atoms with Gasteiger partial charge in [0, 0.05) is 12.6 Å². The molecule has 0 spiro atoms. The van der Waals surface area contributed by atoms with Crippen LogP contribution in [0.15, 0.2) is 77.7 Å². The van der Waals surface area contributed by atoms with Crippen LogP contribution in [-0.4, -0.2) is 43.8 Å². The van der Waals surface area contributed by atoms with Crippen LogP contribution in [0.2, 0.25) is 0 Å². The average molecular weight is 550 g/mol. The van der Waals surface area contributed by atoms with Crippen LogP contribution < -0.4 is 9.62 Å². The van der Waals surface area contributed by atoms with Crippen molar-refractivity contribution in [2.24, 2.45) is 0 Å². The van der Waals surface area contributed by atoms with Crippen molar-refractivity contribution >= 4 is 27.5 Å². The van der Waals surface area contributed by atoms with Crippen LogP contribution in [0.5, 0.6) is 0 Å². The highest BCUT2D eigenvalue weighted by Gasteiger charge is 2.32. The average Bonchev–Trinajstić information content (AvgIpc) is 2.92. The summed E-state index contributed by atoms with van der Waals surface area (Å²) in [5.41, 5.74) is 4.08. The van der Waals surface area contributed by atoms with Crippen molar-refractivity contribution in [2.45, 2.75) is 71.5 Å². The first kappa shape index (κ1) is 29.9. The number of amides is 2. The lowest BCUT2D eigenvalue weighted by Gasteiger charge is -2.32. The molecule has 1 N–H and O–H groups in total. The molecule has 39 heavy (non-hydrogen) atoms. The molecule has 0 radical (unpaired) electrons. The summed E-state index contributed by atoms with van der Waals surface area (Å²) in [6, 6.07) is 20.4. The summed E-state index contributed by atoms with van der Waals surface area (Å²) in [5, 5.41) is 2.95. The molecule has 3 aromatic rings. The number of carbonyl (C=O) groups is 2. The predicted molar refractivity (Wildman–Crippen MR) is 156 cm³/mol. The van der Waals surface area contributed by atoms with E-state index in [-0.39, 0.29) is 23.4 Å². The number of benzene rings is 3. The first-order valence-electron chi connectivity index (χ1n) is 13.2. The lowest BCUT2D eigenvalue weighted by Crippen LogP contribution is -2.52. The number of carbonyl (C=O) groups excluding carboxylic acids is 2. The molecule has 3 rings (SSSR count). The molecule has 7 nitrogen and oxygen atoms in total. The number of hydrogen-bond acceptors (Lipinski definition) is 4. The molecule has 208 valence electrons. The number of anilines is 1. The molecule has 0 aliphatic heterocycles. The van der Waals surface area contributed by atoms with Gasteiger partial charge < -0.3 is 10.2 Å². The number of nitrogens with zero attached hydrogens (tertiary/aromatic N) is 2. The van der Waals surface area contributed by atoms with Gasteiger partial charge in [-0.05, 0) is 82.0 Å². The monoisotopic (exact) mass is 549 g/mol. The van der Waals surface area contributed by atoms with Crippen LogP contribution in [0.1, 0.15) is 49.4 Å². The van der Waals surface area contributed by atoms with Gasteiger partial charge in [-0.15, -0.1) is 0 Å². The second-order valence-electron chi connectivity index (χ2n) is 10.1. The van der Waals surface area contributed by atoms with Gasteiger partial charge in [0.2, 0.25) is 11.8 Å². The molecule has 3 aromatic carbocycles. The standard InChI is InChI=1S/C31H39N3O4S/c1-7-25(5)32-31(36)26(6)33(20-27-11-9-8-10-12-27)30(35)21-34(28-16-15-23(3)24(4)19-28)39(37,38)29-17-13-22(2)14-18-29/h8-19,25-26H,7,20-21H2,1-6H3,(H,32,36)/t25-,26-/m0/s1. The third-order valence-corrected chi connectivity index (χ3v) is 8.82. The van der Waals surface area contributed by atoms with Gasteiger partial charge in [-0.3, -0.25) is 13.9 Å². The van der Waals surface area contributed by atoms with E-state index in [1.165, 1.54) is 4.90 Å². The molecule has 0 heterocycles. The van der Waals surface area contributed by atoms with E-state index in [0.29, 0.717) is 5.69 Å². The minimum Gasteiger partial charge on any atom is -0.352 e. The van der Waals surface area contributed by atoms with Crippen LogP contribution >= 0.6 is 0 Å². The Labute approximate surface area is 232 Å². The summed E-state index contributed by atoms with van der Waals surface area (Å²) in [6.07, 6.45) is 0.750. The molecule has 0 aliphatic carbocycles. The lowest BCUT2D eigenvalue weighted by atomic mass is 10.1. The first-order valence-corrected chi connectivity index (χ1v) is 14.7. The Bertz CT molecular complexity index is 1390. The van der Waals surface area contributed by atoms with Crippen molar-refractivity contribution in [3.63, 3.8) is 0 Å². The van der Waals surface area contributed by atoms with E-state index in [1.54, 1.807) is 43.3 Å². The number of nitrogens with one attached hydrogen (secondary N) is 1. The molecule has 0 bridgehead atoms. The van der Waals surface area contributed by atoms with E-state index in [1.807, 2.05) is 71.0 Å². The maximum Gasteiger partial charge on any atom is 0.264 e. The van der Waals surface area contributed by atoms with Crippen molar-refractivity contribution in [1.29, 1.82) is 0 Å². The molecule has 8 heteroatoms. The molecule has 0 unspecified atom stereocenters. The first-order chi connectivity index (χ1) is 18.4. The number of hydrogen-bond donors (Lipinski definition) is 1. The minimum atomic E-state index is -4.09. The smallest absolute Gasteiger partial charge is 0.264 e. The van der Waals surface area contributed by atoms with Crippen molar-refractivity contribution in [2.75, 3.05) is 10.8 Å². The van der Waals surface area contributed by atoms with Gasteiger partial charge in [0.05, 0.1) is 10.6 Å². The van der Waals surface area contributed by atoms with Gasteiger partial charge in [0.1, 0.15) is 12.6 Å². The zero-order valence-electron chi connectivity index (χ0n) is 23.6. The Balaban J connectivity index is 2.04. The van der Waals surface area contributed by atoms with Crippen molar-refractivity contribution in [1.82, 2.24) is 10.2 Å². The Morgan fingerprint density at radius 2 is 1.51 bits per heavy atom. The molecular formula is C31H39N3O4S. The fraction of sp³-hybridized carbons (Fsp3) is 0.355. The van der Waals surface area contributed by atoms with Gasteiger partial charge in [-0.25, -0.2) is 8.42 Å². The number of aryl methyl sites for hydroxylation is 3. The summed E-state index contributed by atoms with van der Waals surface area (Å²) >= 11 is 0. The summed E-state index contributed by atoms with van der Waals surface area (Å²) in [5.74, 6) is -0.757. The molecule has 0 saturated heterocycles. The molecule has 0 saturated carbocycles. The lowest BCUT2D eigenvalue weighted by molar-refractivity contribution is -0.139. The Kier molecular flexibility index (Phi) is 9.92. The van der Waals surface area contributed by atoms with Gasteiger partial charge >= 0.3 is 0 Å². The second-order valence-corrected chi connectivity index (χ2v) is 12.0. The van der Waals surface area contributed by atoms with Gasteiger partial charge in [-0.1, -0.05) is 61.0 Å². The molecule has 0 aliphatic rings. The molecule has 0 fully saturated rings. The van der Waals surface area contributed by atoms with Gasteiger partial charge in [0.15, 0.2) is 0 Å². The van der Waals surface area contributed by atoms with Crippen LogP contribution in [0, 0.1) is 20.8 Å². The Morgan fingerprint density at radius 3 is 2.10 bits per heavy atom. The second kappa shape index (κ2) is 12.9. The fourth-order valence-corrected chi connectivity index (χ4v) is 5.48. The van der Waals surface area contributed by atoms with Gasteiger partial charge in [0.25, 0.3) is 10.0 Å².